The van der Waals surface area contributed by atoms with Crippen LogP contribution in [0.25, 0.3) is 0 Å². The number of aryl methyl sites for hydroxylation is 2. The monoisotopic (exact) mass is 284 g/mol. The number of hydrogen-bond acceptors (Lipinski definition) is 2. The van der Waals surface area contributed by atoms with E-state index >= 15 is 0 Å². The van der Waals surface area contributed by atoms with Crippen molar-refractivity contribution in [1.29, 1.82) is 0 Å². The van der Waals surface area contributed by atoms with Crippen LogP contribution in [0, 0.1) is 13.8 Å². The first-order chi connectivity index (χ1) is 9.38. The van der Waals surface area contributed by atoms with Crippen molar-refractivity contribution in [3.8, 4) is 0 Å². The average molecular weight is 284 g/mol. The first-order valence-corrected chi connectivity index (χ1v) is 6.07. The molecule has 0 fully saturated rings. The summed E-state index contributed by atoms with van der Waals surface area (Å²) in [7, 11) is 0. The van der Waals surface area contributed by atoms with E-state index in [1.165, 1.54) is 0 Å². The standard InChI is InChI=1S/C13H18F2N4O/c1-8-3-4-10(5-9(8)2)19-13(16)18-7-12(20)17-6-11(14)15/h3-5,11H,6-7H2,1-2H3,(H,17,20)(H3,16,18,19). The Balaban J connectivity index is 2.49. The van der Waals surface area contributed by atoms with E-state index in [-0.39, 0.29) is 12.5 Å². The number of guanidine groups is 1. The second kappa shape index (κ2) is 7.42. The van der Waals surface area contributed by atoms with Crippen LogP contribution in [-0.2, 0) is 4.79 Å². The van der Waals surface area contributed by atoms with Crippen molar-refractivity contribution in [3.05, 3.63) is 29.3 Å². The summed E-state index contributed by atoms with van der Waals surface area (Å²) in [5.74, 6) is -0.546. The van der Waals surface area contributed by atoms with E-state index in [0.717, 1.165) is 16.8 Å². The lowest BCUT2D eigenvalue weighted by atomic mass is 10.1. The molecule has 0 saturated heterocycles. The third-order valence-electron chi connectivity index (χ3n) is 2.63. The molecule has 0 aromatic heterocycles. The van der Waals surface area contributed by atoms with E-state index in [1.54, 1.807) is 0 Å². The van der Waals surface area contributed by atoms with Gasteiger partial charge in [-0.1, -0.05) is 6.07 Å². The Hall–Kier alpha value is -2.18. The Morgan fingerprint density at radius 3 is 2.65 bits per heavy atom. The van der Waals surface area contributed by atoms with Crippen molar-refractivity contribution in [3.63, 3.8) is 0 Å². The van der Waals surface area contributed by atoms with E-state index in [9.17, 15) is 13.6 Å². The summed E-state index contributed by atoms with van der Waals surface area (Å²) in [6.07, 6.45) is -2.58. The van der Waals surface area contributed by atoms with Crippen molar-refractivity contribution in [2.24, 2.45) is 10.7 Å². The SMILES string of the molecule is Cc1ccc(NC(N)=NCC(=O)NCC(F)F)cc1C. The van der Waals surface area contributed by atoms with Gasteiger partial charge in [0.25, 0.3) is 6.43 Å². The zero-order chi connectivity index (χ0) is 15.1. The van der Waals surface area contributed by atoms with Gasteiger partial charge in [0.15, 0.2) is 5.96 Å². The molecule has 110 valence electrons. The number of amides is 1. The molecule has 0 saturated carbocycles. The van der Waals surface area contributed by atoms with Crippen molar-refractivity contribution in [2.75, 3.05) is 18.4 Å². The molecule has 0 bridgehead atoms. The Labute approximate surface area is 116 Å². The number of alkyl halides is 2. The highest BCUT2D eigenvalue weighted by molar-refractivity contribution is 5.93. The summed E-state index contributed by atoms with van der Waals surface area (Å²) in [6.45, 7) is 2.98. The Morgan fingerprint density at radius 1 is 1.35 bits per heavy atom. The van der Waals surface area contributed by atoms with Crippen LogP contribution in [0.4, 0.5) is 14.5 Å². The Bertz CT molecular complexity index is 503. The van der Waals surface area contributed by atoms with Gasteiger partial charge in [0.05, 0.1) is 6.54 Å². The maximum absolute atomic E-state index is 11.9. The molecular weight excluding hydrogens is 266 g/mol. The van der Waals surface area contributed by atoms with E-state index in [1.807, 2.05) is 37.4 Å². The van der Waals surface area contributed by atoms with Crippen LogP contribution in [0.1, 0.15) is 11.1 Å². The second-order valence-electron chi connectivity index (χ2n) is 4.32. The lowest BCUT2D eigenvalue weighted by Crippen LogP contribution is -2.32. The molecule has 0 heterocycles. The third-order valence-corrected chi connectivity index (χ3v) is 2.63. The lowest BCUT2D eigenvalue weighted by Gasteiger charge is -2.08. The van der Waals surface area contributed by atoms with Gasteiger partial charge < -0.3 is 16.4 Å². The summed E-state index contributed by atoms with van der Waals surface area (Å²) >= 11 is 0. The van der Waals surface area contributed by atoms with Gasteiger partial charge in [-0.05, 0) is 37.1 Å². The topological polar surface area (TPSA) is 79.5 Å². The fourth-order valence-electron chi connectivity index (χ4n) is 1.41. The molecule has 0 radical (unpaired) electrons. The van der Waals surface area contributed by atoms with Gasteiger partial charge in [-0.15, -0.1) is 0 Å². The number of hydrogen-bond donors (Lipinski definition) is 3. The van der Waals surface area contributed by atoms with E-state index in [4.69, 9.17) is 5.73 Å². The van der Waals surface area contributed by atoms with Crippen LogP contribution < -0.4 is 16.4 Å². The highest BCUT2D eigenvalue weighted by Gasteiger charge is 2.05. The van der Waals surface area contributed by atoms with Crippen molar-refractivity contribution >= 4 is 17.6 Å². The predicted octanol–water partition coefficient (Wildman–Crippen LogP) is 1.41. The maximum atomic E-state index is 11.9. The molecule has 0 aliphatic heterocycles. The highest BCUT2D eigenvalue weighted by Crippen LogP contribution is 2.13. The van der Waals surface area contributed by atoms with Crippen LogP contribution in [0.2, 0.25) is 0 Å². The zero-order valence-corrected chi connectivity index (χ0v) is 11.4. The highest BCUT2D eigenvalue weighted by atomic mass is 19.3. The molecule has 0 aliphatic carbocycles. The van der Waals surface area contributed by atoms with Gasteiger partial charge in [-0.2, -0.15) is 0 Å². The fourth-order valence-corrected chi connectivity index (χ4v) is 1.41. The van der Waals surface area contributed by atoms with Gasteiger partial charge in [0, 0.05) is 5.69 Å². The molecule has 5 nitrogen and oxygen atoms in total. The minimum Gasteiger partial charge on any atom is -0.370 e. The summed E-state index contributed by atoms with van der Waals surface area (Å²) in [6, 6.07) is 5.66. The number of carbonyl (C=O) groups is 1. The van der Waals surface area contributed by atoms with E-state index < -0.39 is 18.9 Å². The summed E-state index contributed by atoms with van der Waals surface area (Å²) in [5.41, 5.74) is 8.61. The van der Waals surface area contributed by atoms with E-state index in [2.05, 4.69) is 10.3 Å². The molecule has 20 heavy (non-hydrogen) atoms. The fraction of sp³-hybridized carbons (Fsp3) is 0.385. The summed E-state index contributed by atoms with van der Waals surface area (Å²) in [5, 5.41) is 4.87. The second-order valence-corrected chi connectivity index (χ2v) is 4.32. The Morgan fingerprint density at radius 2 is 2.05 bits per heavy atom. The van der Waals surface area contributed by atoms with Crippen LogP contribution in [0.5, 0.6) is 0 Å². The van der Waals surface area contributed by atoms with Crippen LogP contribution in [0.15, 0.2) is 23.2 Å². The van der Waals surface area contributed by atoms with Crippen molar-refractivity contribution in [2.45, 2.75) is 20.3 Å². The molecule has 1 aromatic carbocycles. The number of benzene rings is 1. The molecular formula is C13H18F2N4O. The van der Waals surface area contributed by atoms with Gasteiger partial charge in [0.2, 0.25) is 5.91 Å². The number of nitrogens with one attached hydrogen (secondary N) is 2. The molecule has 0 unspecified atom stereocenters. The smallest absolute Gasteiger partial charge is 0.255 e. The van der Waals surface area contributed by atoms with E-state index in [0.29, 0.717) is 0 Å². The van der Waals surface area contributed by atoms with Gasteiger partial charge in [-0.25, -0.2) is 13.8 Å². The number of halogens is 2. The number of rotatable bonds is 5. The molecule has 4 N–H and O–H groups in total. The van der Waals surface area contributed by atoms with Crippen LogP contribution >= 0.6 is 0 Å². The van der Waals surface area contributed by atoms with Crippen LogP contribution in [0.3, 0.4) is 0 Å². The molecule has 0 aliphatic rings. The van der Waals surface area contributed by atoms with Gasteiger partial charge in [0.1, 0.15) is 6.54 Å². The third kappa shape index (κ3) is 5.64. The number of carbonyl (C=O) groups excluding carboxylic acids is 1. The zero-order valence-electron chi connectivity index (χ0n) is 11.4. The molecule has 7 heteroatoms. The largest absolute Gasteiger partial charge is 0.370 e. The predicted molar refractivity (Wildman–Crippen MR) is 75.0 cm³/mol. The maximum Gasteiger partial charge on any atom is 0.255 e. The quantitative estimate of drug-likeness (QED) is 0.565. The first kappa shape index (κ1) is 15.9. The number of nitrogens with two attached hydrogens (primary N) is 1. The number of nitrogens with zero attached hydrogens (tertiary/aromatic N) is 1. The molecule has 1 rings (SSSR count). The summed E-state index contributed by atoms with van der Waals surface area (Å²) < 4.78 is 23.7. The molecule has 0 atom stereocenters. The molecule has 0 spiro atoms. The number of anilines is 1. The number of aliphatic imine (C=N–C) groups is 1. The minimum atomic E-state index is -2.58. The normalized spacial score (nSPS) is 11.6. The van der Waals surface area contributed by atoms with Crippen molar-refractivity contribution in [1.82, 2.24) is 5.32 Å². The molecule has 1 amide bonds. The minimum absolute atomic E-state index is 0.0560. The summed E-state index contributed by atoms with van der Waals surface area (Å²) in [4.78, 5) is 14.9. The van der Waals surface area contributed by atoms with Crippen LogP contribution in [-0.4, -0.2) is 31.4 Å². The Kier molecular flexibility index (Phi) is 5.89. The lowest BCUT2D eigenvalue weighted by molar-refractivity contribution is -0.120. The van der Waals surface area contributed by atoms with Crippen molar-refractivity contribution < 1.29 is 13.6 Å². The van der Waals surface area contributed by atoms with Gasteiger partial charge >= 0.3 is 0 Å². The average Bonchev–Trinajstić information content (AvgIpc) is 2.38. The first-order valence-electron chi connectivity index (χ1n) is 6.07. The molecule has 1 aromatic rings. The van der Waals surface area contributed by atoms with Gasteiger partial charge in [-0.3, -0.25) is 4.79 Å².